The normalized spacial score (nSPS) is 19.5. The predicted octanol–water partition coefficient (Wildman–Crippen LogP) is 3.17. The molecule has 1 fully saturated rings. The van der Waals surface area contributed by atoms with Crippen molar-refractivity contribution in [2.24, 2.45) is 5.92 Å². The SMILES string of the molecule is O=C(c1cc(F)ccc1O)N1CCCC(CCBr)C1. The average Bonchev–Trinajstić information content (AvgIpc) is 2.41. The smallest absolute Gasteiger partial charge is 0.257 e. The van der Waals surface area contributed by atoms with Crippen molar-refractivity contribution in [1.29, 1.82) is 0 Å². The lowest BCUT2D eigenvalue weighted by atomic mass is 9.95. The second-order valence-corrected chi connectivity index (χ2v) is 5.69. The Bertz CT molecular complexity index is 465. The first-order chi connectivity index (χ1) is 9.11. The number of benzene rings is 1. The number of alkyl halides is 1. The molecule has 0 aromatic heterocycles. The van der Waals surface area contributed by atoms with E-state index in [-0.39, 0.29) is 17.2 Å². The summed E-state index contributed by atoms with van der Waals surface area (Å²) in [6.07, 6.45) is 3.10. The molecule has 5 heteroatoms. The van der Waals surface area contributed by atoms with E-state index in [0.29, 0.717) is 19.0 Å². The monoisotopic (exact) mass is 329 g/mol. The summed E-state index contributed by atoms with van der Waals surface area (Å²) in [6.45, 7) is 1.36. The fourth-order valence-electron chi connectivity index (χ4n) is 2.49. The van der Waals surface area contributed by atoms with Crippen LogP contribution >= 0.6 is 15.9 Å². The van der Waals surface area contributed by atoms with E-state index in [1.165, 1.54) is 6.07 Å². The van der Waals surface area contributed by atoms with Crippen LogP contribution in [0.25, 0.3) is 0 Å². The Hall–Kier alpha value is -1.10. The van der Waals surface area contributed by atoms with Crippen LogP contribution in [0.5, 0.6) is 5.75 Å². The van der Waals surface area contributed by atoms with Crippen molar-refractivity contribution in [1.82, 2.24) is 4.90 Å². The molecule has 1 saturated heterocycles. The van der Waals surface area contributed by atoms with Crippen LogP contribution in [0.15, 0.2) is 18.2 Å². The Labute approximate surface area is 120 Å². The average molecular weight is 330 g/mol. The molecule has 1 N–H and O–H groups in total. The highest BCUT2D eigenvalue weighted by atomic mass is 79.9. The molecule has 1 unspecified atom stereocenters. The molecule has 0 radical (unpaired) electrons. The number of carbonyl (C=O) groups excluding carboxylic acids is 1. The zero-order valence-electron chi connectivity index (χ0n) is 10.6. The van der Waals surface area contributed by atoms with E-state index >= 15 is 0 Å². The fraction of sp³-hybridized carbons (Fsp3) is 0.500. The summed E-state index contributed by atoms with van der Waals surface area (Å²) < 4.78 is 13.2. The molecular weight excluding hydrogens is 313 g/mol. The number of piperidine rings is 1. The molecular formula is C14H17BrFNO2. The Morgan fingerprint density at radius 2 is 2.32 bits per heavy atom. The number of phenols is 1. The molecule has 1 aliphatic heterocycles. The largest absolute Gasteiger partial charge is 0.507 e. The summed E-state index contributed by atoms with van der Waals surface area (Å²) in [6, 6.07) is 3.48. The van der Waals surface area contributed by atoms with Crippen LogP contribution in [-0.2, 0) is 0 Å². The summed E-state index contributed by atoms with van der Waals surface area (Å²) in [5, 5.41) is 10.6. The van der Waals surface area contributed by atoms with Crippen LogP contribution in [-0.4, -0.2) is 34.3 Å². The fourth-order valence-corrected chi connectivity index (χ4v) is 3.14. The van der Waals surface area contributed by atoms with Gasteiger partial charge >= 0.3 is 0 Å². The lowest BCUT2D eigenvalue weighted by Gasteiger charge is -2.32. The second-order valence-electron chi connectivity index (χ2n) is 4.90. The van der Waals surface area contributed by atoms with Gasteiger partial charge < -0.3 is 10.0 Å². The first kappa shape index (κ1) is 14.3. The minimum absolute atomic E-state index is 0.0551. The quantitative estimate of drug-likeness (QED) is 0.865. The van der Waals surface area contributed by atoms with Gasteiger partial charge in [-0.1, -0.05) is 15.9 Å². The topological polar surface area (TPSA) is 40.5 Å². The maximum atomic E-state index is 13.2. The third-order valence-corrected chi connectivity index (χ3v) is 3.97. The molecule has 0 spiro atoms. The molecule has 0 saturated carbocycles. The Balaban J connectivity index is 2.12. The number of likely N-dealkylation sites (tertiary alicyclic amines) is 1. The van der Waals surface area contributed by atoms with Crippen LogP contribution in [0, 0.1) is 11.7 Å². The number of hydrogen-bond donors (Lipinski definition) is 1. The van der Waals surface area contributed by atoms with Gasteiger partial charge in [-0.25, -0.2) is 4.39 Å². The standard InChI is InChI=1S/C14H17BrFNO2/c15-6-5-10-2-1-7-17(9-10)14(19)12-8-11(16)3-4-13(12)18/h3-4,8,10,18H,1-2,5-7,9H2. The van der Waals surface area contributed by atoms with Gasteiger partial charge in [-0.2, -0.15) is 0 Å². The summed E-state index contributed by atoms with van der Waals surface area (Å²) in [5.41, 5.74) is 0.0551. The van der Waals surface area contributed by atoms with E-state index in [1.54, 1.807) is 4.90 Å². The predicted molar refractivity (Wildman–Crippen MR) is 75.1 cm³/mol. The van der Waals surface area contributed by atoms with Gasteiger partial charge in [0.1, 0.15) is 11.6 Å². The molecule has 1 atom stereocenters. The van der Waals surface area contributed by atoms with Crippen LogP contribution in [0.4, 0.5) is 4.39 Å². The van der Waals surface area contributed by atoms with Gasteiger partial charge in [-0.3, -0.25) is 4.79 Å². The second kappa shape index (κ2) is 6.37. The maximum absolute atomic E-state index is 13.2. The first-order valence-electron chi connectivity index (χ1n) is 6.45. The minimum atomic E-state index is -0.504. The van der Waals surface area contributed by atoms with Gasteiger partial charge in [0.15, 0.2) is 0 Å². The highest BCUT2D eigenvalue weighted by Gasteiger charge is 2.25. The van der Waals surface area contributed by atoms with Gasteiger partial charge in [-0.15, -0.1) is 0 Å². The molecule has 1 heterocycles. The number of nitrogens with zero attached hydrogens (tertiary/aromatic N) is 1. The number of aromatic hydroxyl groups is 1. The lowest BCUT2D eigenvalue weighted by molar-refractivity contribution is 0.0668. The van der Waals surface area contributed by atoms with E-state index in [4.69, 9.17) is 0 Å². The maximum Gasteiger partial charge on any atom is 0.257 e. The van der Waals surface area contributed by atoms with E-state index < -0.39 is 5.82 Å². The minimum Gasteiger partial charge on any atom is -0.507 e. The van der Waals surface area contributed by atoms with Crippen molar-refractivity contribution >= 4 is 21.8 Å². The Morgan fingerprint density at radius 3 is 3.05 bits per heavy atom. The number of halogens is 2. The molecule has 1 aliphatic rings. The zero-order valence-corrected chi connectivity index (χ0v) is 12.2. The van der Waals surface area contributed by atoms with Crippen LogP contribution in [0.1, 0.15) is 29.6 Å². The van der Waals surface area contributed by atoms with Crippen molar-refractivity contribution in [3.63, 3.8) is 0 Å². The summed E-state index contributed by atoms with van der Waals surface area (Å²) in [4.78, 5) is 14.0. The molecule has 3 nitrogen and oxygen atoms in total. The van der Waals surface area contributed by atoms with Crippen molar-refractivity contribution in [2.75, 3.05) is 18.4 Å². The zero-order chi connectivity index (χ0) is 13.8. The van der Waals surface area contributed by atoms with Gasteiger partial charge in [0.25, 0.3) is 5.91 Å². The number of rotatable bonds is 3. The lowest BCUT2D eigenvalue weighted by Crippen LogP contribution is -2.40. The van der Waals surface area contributed by atoms with E-state index in [0.717, 1.165) is 36.7 Å². The van der Waals surface area contributed by atoms with Crippen molar-refractivity contribution in [3.8, 4) is 5.75 Å². The van der Waals surface area contributed by atoms with Crippen molar-refractivity contribution in [2.45, 2.75) is 19.3 Å². The Kier molecular flexibility index (Phi) is 4.80. The third-order valence-electron chi connectivity index (χ3n) is 3.51. The third kappa shape index (κ3) is 3.47. The highest BCUT2D eigenvalue weighted by molar-refractivity contribution is 9.09. The van der Waals surface area contributed by atoms with Gasteiger partial charge in [0.05, 0.1) is 5.56 Å². The number of amides is 1. The molecule has 1 aromatic rings. The summed E-state index contributed by atoms with van der Waals surface area (Å²) in [7, 11) is 0. The van der Waals surface area contributed by atoms with Gasteiger partial charge in [0.2, 0.25) is 0 Å². The Morgan fingerprint density at radius 1 is 1.53 bits per heavy atom. The van der Waals surface area contributed by atoms with E-state index in [2.05, 4.69) is 15.9 Å². The molecule has 1 amide bonds. The summed E-state index contributed by atoms with van der Waals surface area (Å²) in [5.74, 6) is -0.465. The van der Waals surface area contributed by atoms with Crippen molar-refractivity contribution in [3.05, 3.63) is 29.6 Å². The van der Waals surface area contributed by atoms with Crippen molar-refractivity contribution < 1.29 is 14.3 Å². The molecule has 104 valence electrons. The van der Waals surface area contributed by atoms with Gasteiger partial charge in [0, 0.05) is 18.4 Å². The van der Waals surface area contributed by atoms with Gasteiger partial charge in [-0.05, 0) is 43.4 Å². The van der Waals surface area contributed by atoms with E-state index in [9.17, 15) is 14.3 Å². The molecule has 19 heavy (non-hydrogen) atoms. The molecule has 1 aromatic carbocycles. The van der Waals surface area contributed by atoms with Crippen LogP contribution in [0.3, 0.4) is 0 Å². The number of carbonyl (C=O) groups is 1. The van der Waals surface area contributed by atoms with Crippen LogP contribution < -0.4 is 0 Å². The highest BCUT2D eigenvalue weighted by Crippen LogP contribution is 2.25. The molecule has 2 rings (SSSR count). The first-order valence-corrected chi connectivity index (χ1v) is 7.57. The summed E-state index contributed by atoms with van der Waals surface area (Å²) >= 11 is 3.41. The number of phenolic OH excluding ortho intramolecular Hbond substituents is 1. The van der Waals surface area contributed by atoms with Crippen LogP contribution in [0.2, 0.25) is 0 Å². The molecule has 0 bridgehead atoms. The van der Waals surface area contributed by atoms with E-state index in [1.807, 2.05) is 0 Å². The number of hydrogen-bond acceptors (Lipinski definition) is 2. The molecule has 0 aliphatic carbocycles.